The molecule has 1 unspecified atom stereocenters. The normalized spacial score (nSPS) is 13.7. The molecule has 1 atom stereocenters. The van der Waals surface area contributed by atoms with Crippen molar-refractivity contribution >= 4 is 16.2 Å². The summed E-state index contributed by atoms with van der Waals surface area (Å²) >= 11 is 0. The van der Waals surface area contributed by atoms with Crippen LogP contribution in [0.4, 0.5) is 4.79 Å². The minimum absolute atomic E-state index is 0.340. The summed E-state index contributed by atoms with van der Waals surface area (Å²) in [4.78, 5) is 11.6. The summed E-state index contributed by atoms with van der Waals surface area (Å²) in [5, 5.41) is 11.6. The Bertz CT molecular complexity index is 421. The molecule has 1 amide bonds. The summed E-state index contributed by atoms with van der Waals surface area (Å²) in [6, 6.07) is 0. The van der Waals surface area contributed by atoms with E-state index in [2.05, 4.69) is 12.2 Å². The highest BCUT2D eigenvalue weighted by Gasteiger charge is 2.22. The van der Waals surface area contributed by atoms with Crippen molar-refractivity contribution in [1.29, 1.82) is 0 Å². The topological polar surface area (TPSA) is 116 Å². The Hall–Kier alpha value is -0.860. The van der Waals surface area contributed by atoms with Crippen LogP contribution in [0.3, 0.4) is 0 Å². The number of alkyl carbamates (subject to hydrolysis) is 1. The van der Waals surface area contributed by atoms with E-state index in [9.17, 15) is 22.9 Å². The average Bonchev–Trinajstić information content (AvgIpc) is 2.33. The maximum absolute atomic E-state index is 11.6. The van der Waals surface area contributed by atoms with Gasteiger partial charge in [0.1, 0.15) is 5.60 Å². The van der Waals surface area contributed by atoms with Crippen molar-refractivity contribution in [1.82, 2.24) is 5.32 Å². The zero-order valence-electron chi connectivity index (χ0n) is 13.6. The fourth-order valence-corrected chi connectivity index (χ4v) is 2.58. The van der Waals surface area contributed by atoms with Crippen molar-refractivity contribution < 1.29 is 27.6 Å². The lowest BCUT2D eigenvalue weighted by atomic mass is 9.99. The molecule has 0 fully saturated rings. The molecule has 0 saturated heterocycles. The summed E-state index contributed by atoms with van der Waals surface area (Å²) < 4.78 is 36.6. The van der Waals surface area contributed by atoms with E-state index < -0.39 is 33.7 Å². The SMILES string of the molecule is CCCCCCCC(C)(C)OC(=O)NCC(O)CS(=O)(=O)[O-]. The molecule has 8 heteroatoms. The van der Waals surface area contributed by atoms with Crippen molar-refractivity contribution in [2.45, 2.75) is 71.0 Å². The smallest absolute Gasteiger partial charge is 0.407 e. The van der Waals surface area contributed by atoms with Gasteiger partial charge in [0, 0.05) is 6.54 Å². The number of nitrogens with one attached hydrogen (secondary N) is 1. The van der Waals surface area contributed by atoms with Gasteiger partial charge in [-0.15, -0.1) is 0 Å². The molecule has 7 nitrogen and oxygen atoms in total. The van der Waals surface area contributed by atoms with E-state index in [0.717, 1.165) is 25.7 Å². The number of hydrogen-bond donors (Lipinski definition) is 2. The highest BCUT2D eigenvalue weighted by molar-refractivity contribution is 7.85. The Labute approximate surface area is 133 Å². The standard InChI is InChI=1S/C14H29NO6S/c1-4-5-6-7-8-9-14(2,3)21-13(17)15-10-12(16)11-22(18,19)20/h12,16H,4-11H2,1-3H3,(H,15,17)(H,18,19,20)/p-1. The Morgan fingerprint density at radius 2 is 1.86 bits per heavy atom. The lowest BCUT2D eigenvalue weighted by Gasteiger charge is -2.25. The van der Waals surface area contributed by atoms with Gasteiger partial charge in [-0.1, -0.05) is 32.6 Å². The summed E-state index contributed by atoms with van der Waals surface area (Å²) in [6.07, 6.45) is 4.12. The molecule has 22 heavy (non-hydrogen) atoms. The van der Waals surface area contributed by atoms with Gasteiger partial charge in [-0.2, -0.15) is 0 Å². The van der Waals surface area contributed by atoms with Crippen LogP contribution >= 0.6 is 0 Å². The predicted molar refractivity (Wildman–Crippen MR) is 82.5 cm³/mol. The molecule has 0 spiro atoms. The van der Waals surface area contributed by atoms with Gasteiger partial charge in [-0.05, 0) is 26.7 Å². The number of ether oxygens (including phenoxy) is 1. The molecule has 0 saturated carbocycles. The number of carbonyl (C=O) groups is 1. The lowest BCUT2D eigenvalue weighted by molar-refractivity contribution is 0.0287. The van der Waals surface area contributed by atoms with Gasteiger partial charge in [0.25, 0.3) is 0 Å². The summed E-state index contributed by atoms with van der Waals surface area (Å²) in [5.74, 6) is -0.936. The zero-order valence-corrected chi connectivity index (χ0v) is 14.4. The van der Waals surface area contributed by atoms with Gasteiger partial charge in [-0.3, -0.25) is 0 Å². The molecule has 0 rings (SSSR count). The maximum Gasteiger partial charge on any atom is 0.407 e. The van der Waals surface area contributed by atoms with Crippen LogP contribution in [-0.2, 0) is 14.9 Å². The van der Waals surface area contributed by atoms with Crippen LogP contribution in [0.25, 0.3) is 0 Å². The molecule has 0 heterocycles. The van der Waals surface area contributed by atoms with E-state index in [1.54, 1.807) is 13.8 Å². The van der Waals surface area contributed by atoms with Crippen LogP contribution in [0.1, 0.15) is 59.3 Å². The van der Waals surface area contributed by atoms with Gasteiger partial charge < -0.3 is 19.7 Å². The summed E-state index contributed by atoms with van der Waals surface area (Å²) in [5.41, 5.74) is -0.633. The number of rotatable bonds is 11. The Balaban J connectivity index is 3.97. The third kappa shape index (κ3) is 12.8. The van der Waals surface area contributed by atoms with Gasteiger partial charge in [0.05, 0.1) is 22.0 Å². The van der Waals surface area contributed by atoms with Crippen molar-refractivity contribution in [2.75, 3.05) is 12.3 Å². The molecule has 2 N–H and O–H groups in total. The fraction of sp³-hybridized carbons (Fsp3) is 0.929. The van der Waals surface area contributed by atoms with E-state index in [-0.39, 0.29) is 6.54 Å². The van der Waals surface area contributed by atoms with Crippen LogP contribution in [0.2, 0.25) is 0 Å². The van der Waals surface area contributed by atoms with Crippen molar-refractivity contribution in [3.8, 4) is 0 Å². The van der Waals surface area contributed by atoms with E-state index >= 15 is 0 Å². The van der Waals surface area contributed by atoms with E-state index in [1.807, 2.05) is 0 Å². The van der Waals surface area contributed by atoms with Crippen molar-refractivity contribution in [2.24, 2.45) is 0 Å². The van der Waals surface area contributed by atoms with E-state index in [1.165, 1.54) is 12.8 Å². The first-order valence-corrected chi connectivity index (χ1v) is 9.22. The monoisotopic (exact) mass is 338 g/mol. The van der Waals surface area contributed by atoms with Crippen LogP contribution in [-0.4, -0.2) is 48.2 Å². The molecule has 0 radical (unpaired) electrons. The Morgan fingerprint density at radius 1 is 1.27 bits per heavy atom. The molecule has 0 aliphatic rings. The first-order chi connectivity index (χ1) is 10.1. The molecule has 0 aliphatic heterocycles. The molecular weight excluding hydrogens is 310 g/mol. The second kappa shape index (κ2) is 10.0. The van der Waals surface area contributed by atoms with Crippen LogP contribution in [0.5, 0.6) is 0 Å². The summed E-state index contributed by atoms with van der Waals surface area (Å²) in [6.45, 7) is 5.40. The molecule has 0 aromatic rings. The molecule has 0 bridgehead atoms. The number of amides is 1. The quantitative estimate of drug-likeness (QED) is 0.438. The maximum atomic E-state index is 11.6. The highest BCUT2D eigenvalue weighted by Crippen LogP contribution is 2.19. The van der Waals surface area contributed by atoms with E-state index in [0.29, 0.717) is 0 Å². The number of aliphatic hydroxyl groups is 1. The minimum atomic E-state index is -4.52. The third-order valence-corrected chi connectivity index (χ3v) is 3.92. The van der Waals surface area contributed by atoms with Gasteiger partial charge >= 0.3 is 6.09 Å². The van der Waals surface area contributed by atoms with Crippen LogP contribution in [0.15, 0.2) is 0 Å². The average molecular weight is 338 g/mol. The molecule has 0 aromatic heterocycles. The number of hydrogen-bond acceptors (Lipinski definition) is 6. The number of carbonyl (C=O) groups excluding carboxylic acids is 1. The van der Waals surface area contributed by atoms with Crippen LogP contribution in [0, 0.1) is 0 Å². The van der Waals surface area contributed by atoms with Gasteiger partial charge in [0.15, 0.2) is 0 Å². The van der Waals surface area contributed by atoms with Crippen LogP contribution < -0.4 is 5.32 Å². The Kier molecular flexibility index (Phi) is 9.63. The zero-order chi connectivity index (χ0) is 17.2. The third-order valence-electron chi connectivity index (χ3n) is 3.13. The van der Waals surface area contributed by atoms with E-state index in [4.69, 9.17) is 4.74 Å². The molecule has 0 aromatic carbocycles. The fourth-order valence-electron chi connectivity index (χ4n) is 1.99. The molecule has 132 valence electrons. The Morgan fingerprint density at radius 3 is 2.41 bits per heavy atom. The largest absolute Gasteiger partial charge is 0.748 e. The second-order valence-electron chi connectivity index (χ2n) is 6.07. The second-order valence-corrected chi connectivity index (χ2v) is 7.52. The van der Waals surface area contributed by atoms with Gasteiger partial charge in [-0.25, -0.2) is 13.2 Å². The molecular formula is C14H28NO6S-. The minimum Gasteiger partial charge on any atom is -0.748 e. The first kappa shape index (κ1) is 21.1. The summed E-state index contributed by atoms with van der Waals surface area (Å²) in [7, 11) is -4.52. The van der Waals surface area contributed by atoms with Crippen molar-refractivity contribution in [3.05, 3.63) is 0 Å². The highest BCUT2D eigenvalue weighted by atomic mass is 32.2. The number of aliphatic hydroxyl groups excluding tert-OH is 1. The first-order valence-electron chi connectivity index (χ1n) is 7.64. The predicted octanol–water partition coefficient (Wildman–Crippen LogP) is 1.76. The lowest BCUT2D eigenvalue weighted by Crippen LogP contribution is -2.40. The molecule has 0 aliphatic carbocycles. The number of unbranched alkanes of at least 4 members (excludes halogenated alkanes) is 4. The van der Waals surface area contributed by atoms with Crippen molar-refractivity contribution in [3.63, 3.8) is 0 Å². The van der Waals surface area contributed by atoms with Gasteiger partial charge in [0.2, 0.25) is 0 Å².